The lowest BCUT2D eigenvalue weighted by Crippen LogP contribution is -2.56. The van der Waals surface area contributed by atoms with Crippen molar-refractivity contribution in [3.05, 3.63) is 63.1 Å². The van der Waals surface area contributed by atoms with Crippen molar-refractivity contribution in [1.82, 2.24) is 15.1 Å². The van der Waals surface area contributed by atoms with Crippen molar-refractivity contribution in [2.75, 3.05) is 57.3 Å². The molecule has 6 nitrogen and oxygen atoms in total. The van der Waals surface area contributed by atoms with Crippen molar-refractivity contribution in [3.63, 3.8) is 0 Å². The number of rotatable bonds is 8. The number of carbonyl (C=O) groups excluding carboxylic acids is 1. The number of nitrogens with two attached hydrogens (primary N) is 1. The van der Waals surface area contributed by atoms with E-state index in [1.807, 2.05) is 24.8 Å². The Hall–Kier alpha value is -2.04. The van der Waals surface area contributed by atoms with Gasteiger partial charge >= 0.3 is 6.18 Å². The van der Waals surface area contributed by atoms with Crippen molar-refractivity contribution in [2.24, 2.45) is 11.7 Å². The first-order valence-electron chi connectivity index (χ1n) is 14.3. The molecule has 2 fully saturated rings. The standard InChI is InChI=1S/C30H40Cl2F3N5O/c1-20(2)16-26(36)24-18-22(30(33,34)35)5-7-27(24)39-12-14-40(15-13-39)29(41)28(38-10-3-8-37-9-11-38)17-21-4-6-23(31)19-25(21)32/h4-7,18-20,26,28,37H,3,8-17,36H2,1-2H3. The number of nitrogens with zero attached hydrogens (tertiary/aromatic N) is 3. The lowest BCUT2D eigenvalue weighted by atomic mass is 9.94. The second kappa shape index (κ2) is 14.0. The predicted molar refractivity (Wildman–Crippen MR) is 160 cm³/mol. The summed E-state index contributed by atoms with van der Waals surface area (Å²) in [6.45, 7) is 9.23. The van der Waals surface area contributed by atoms with Crippen LogP contribution in [0.2, 0.25) is 10.0 Å². The van der Waals surface area contributed by atoms with Crippen molar-refractivity contribution in [1.29, 1.82) is 0 Å². The third-order valence-electron chi connectivity index (χ3n) is 7.94. The summed E-state index contributed by atoms with van der Waals surface area (Å²) in [5, 5.41) is 4.49. The molecule has 0 spiro atoms. The molecule has 2 aromatic rings. The van der Waals surface area contributed by atoms with Crippen LogP contribution in [0.25, 0.3) is 0 Å². The third kappa shape index (κ3) is 8.29. The Morgan fingerprint density at radius 2 is 1.73 bits per heavy atom. The molecule has 0 radical (unpaired) electrons. The highest BCUT2D eigenvalue weighted by atomic mass is 35.5. The molecule has 2 atom stereocenters. The van der Waals surface area contributed by atoms with Gasteiger partial charge in [-0.1, -0.05) is 43.1 Å². The third-order valence-corrected chi connectivity index (χ3v) is 8.53. The van der Waals surface area contributed by atoms with E-state index in [0.717, 1.165) is 44.2 Å². The number of halogens is 5. The molecule has 2 aliphatic rings. The van der Waals surface area contributed by atoms with Crippen molar-refractivity contribution < 1.29 is 18.0 Å². The van der Waals surface area contributed by atoms with E-state index in [1.165, 1.54) is 12.1 Å². The van der Waals surface area contributed by atoms with E-state index in [9.17, 15) is 18.0 Å². The lowest BCUT2D eigenvalue weighted by Gasteiger charge is -2.40. The molecule has 0 aromatic heterocycles. The zero-order valence-electron chi connectivity index (χ0n) is 23.7. The topological polar surface area (TPSA) is 64.8 Å². The maximum atomic E-state index is 14.0. The molecule has 2 heterocycles. The summed E-state index contributed by atoms with van der Waals surface area (Å²) in [6.07, 6.45) is -2.45. The first kappa shape index (κ1) is 31.9. The van der Waals surface area contributed by atoms with Gasteiger partial charge in [-0.25, -0.2) is 0 Å². The normalized spacial score (nSPS) is 18.9. The molecule has 3 N–H and O–H groups in total. The van der Waals surface area contributed by atoms with E-state index in [1.54, 1.807) is 12.1 Å². The molecule has 0 bridgehead atoms. The molecule has 11 heteroatoms. The van der Waals surface area contributed by atoms with Crippen LogP contribution in [0, 0.1) is 5.92 Å². The quantitative estimate of drug-likeness (QED) is 0.405. The van der Waals surface area contributed by atoms with E-state index in [4.69, 9.17) is 28.9 Å². The van der Waals surface area contributed by atoms with E-state index >= 15 is 0 Å². The first-order chi connectivity index (χ1) is 19.4. The highest BCUT2D eigenvalue weighted by molar-refractivity contribution is 6.35. The van der Waals surface area contributed by atoms with Gasteiger partial charge in [0, 0.05) is 67.6 Å². The minimum absolute atomic E-state index is 0.0433. The number of hydrogen-bond donors (Lipinski definition) is 2. The number of piperazine rings is 1. The molecule has 2 unspecified atom stereocenters. The smallest absolute Gasteiger partial charge is 0.368 e. The van der Waals surface area contributed by atoms with E-state index < -0.39 is 17.8 Å². The molecule has 0 aliphatic carbocycles. The Kier molecular flexibility index (Phi) is 10.9. The fourth-order valence-corrected chi connectivity index (χ4v) is 6.26. The van der Waals surface area contributed by atoms with Gasteiger partial charge in [0.25, 0.3) is 0 Å². The van der Waals surface area contributed by atoms with Crippen LogP contribution in [-0.2, 0) is 17.4 Å². The number of anilines is 1. The molecular formula is C30H40Cl2F3N5O. The van der Waals surface area contributed by atoms with Gasteiger partial charge in [-0.2, -0.15) is 13.2 Å². The van der Waals surface area contributed by atoms with Gasteiger partial charge in [0.05, 0.1) is 11.6 Å². The summed E-state index contributed by atoms with van der Waals surface area (Å²) in [6, 6.07) is 8.33. The molecule has 1 amide bonds. The van der Waals surface area contributed by atoms with Crippen molar-refractivity contribution in [2.45, 2.75) is 51.4 Å². The molecule has 41 heavy (non-hydrogen) atoms. The molecule has 4 rings (SSSR count). The van der Waals surface area contributed by atoms with Crippen molar-refractivity contribution >= 4 is 34.8 Å². The van der Waals surface area contributed by atoms with Gasteiger partial charge < -0.3 is 20.9 Å². The number of nitrogens with one attached hydrogen (secondary N) is 1. The number of hydrogen-bond acceptors (Lipinski definition) is 5. The largest absolute Gasteiger partial charge is 0.416 e. The summed E-state index contributed by atoms with van der Waals surface area (Å²) in [7, 11) is 0. The lowest BCUT2D eigenvalue weighted by molar-refractivity contribution is -0.138. The molecular weight excluding hydrogens is 574 g/mol. The summed E-state index contributed by atoms with van der Waals surface area (Å²) >= 11 is 12.6. The Morgan fingerprint density at radius 3 is 2.39 bits per heavy atom. The maximum absolute atomic E-state index is 14.0. The summed E-state index contributed by atoms with van der Waals surface area (Å²) in [4.78, 5) is 20.2. The molecule has 226 valence electrons. The fourth-order valence-electron chi connectivity index (χ4n) is 5.78. The number of benzene rings is 2. The van der Waals surface area contributed by atoms with Crippen LogP contribution in [-0.4, -0.2) is 74.1 Å². The molecule has 2 aromatic carbocycles. The van der Waals surface area contributed by atoms with Crippen LogP contribution in [0.4, 0.5) is 18.9 Å². The van der Waals surface area contributed by atoms with Gasteiger partial charge in [0.1, 0.15) is 0 Å². The van der Waals surface area contributed by atoms with E-state index in [-0.39, 0.29) is 17.9 Å². The highest BCUT2D eigenvalue weighted by Crippen LogP contribution is 2.36. The molecule has 2 saturated heterocycles. The van der Waals surface area contributed by atoms with Gasteiger partial charge in [-0.15, -0.1) is 0 Å². The van der Waals surface area contributed by atoms with Gasteiger partial charge in [0.15, 0.2) is 0 Å². The van der Waals surface area contributed by atoms with Crippen molar-refractivity contribution in [3.8, 4) is 0 Å². The van der Waals surface area contributed by atoms with Gasteiger partial charge in [-0.05, 0) is 73.2 Å². The maximum Gasteiger partial charge on any atom is 0.416 e. The van der Waals surface area contributed by atoms with Crippen LogP contribution < -0.4 is 16.0 Å². The Bertz CT molecular complexity index is 1180. The van der Waals surface area contributed by atoms with Gasteiger partial charge in [0.2, 0.25) is 5.91 Å². The fraction of sp³-hybridized carbons (Fsp3) is 0.567. The second-order valence-corrected chi connectivity index (χ2v) is 12.3. The highest BCUT2D eigenvalue weighted by Gasteiger charge is 2.35. The predicted octanol–water partition coefficient (Wildman–Crippen LogP) is 5.61. The van der Waals surface area contributed by atoms with E-state index in [0.29, 0.717) is 60.3 Å². The average molecular weight is 615 g/mol. The summed E-state index contributed by atoms with van der Waals surface area (Å²) in [5.41, 5.74) is 7.82. The van der Waals surface area contributed by atoms with Crippen LogP contribution in [0.15, 0.2) is 36.4 Å². The monoisotopic (exact) mass is 613 g/mol. The van der Waals surface area contributed by atoms with Crippen LogP contribution in [0.1, 0.15) is 49.4 Å². The SMILES string of the molecule is CC(C)CC(N)c1cc(C(F)(F)F)ccc1N1CCN(C(=O)C(Cc2ccc(Cl)cc2Cl)N2CCCNCC2)CC1. The average Bonchev–Trinajstić information content (AvgIpc) is 3.21. The zero-order chi connectivity index (χ0) is 29.7. The van der Waals surface area contributed by atoms with Crippen LogP contribution in [0.3, 0.4) is 0 Å². The first-order valence-corrected chi connectivity index (χ1v) is 15.1. The summed E-state index contributed by atoms with van der Waals surface area (Å²) in [5.74, 6) is 0.281. The Labute approximate surface area is 250 Å². The number of carbonyl (C=O) groups is 1. The molecule has 2 aliphatic heterocycles. The minimum Gasteiger partial charge on any atom is -0.368 e. The molecule has 0 saturated carbocycles. The minimum atomic E-state index is -4.44. The van der Waals surface area contributed by atoms with Crippen LogP contribution in [0.5, 0.6) is 0 Å². The Balaban J connectivity index is 1.52. The van der Waals surface area contributed by atoms with Gasteiger partial charge in [-0.3, -0.25) is 9.69 Å². The Morgan fingerprint density at radius 1 is 1.00 bits per heavy atom. The van der Waals surface area contributed by atoms with E-state index in [2.05, 4.69) is 15.1 Å². The zero-order valence-corrected chi connectivity index (χ0v) is 25.2. The van der Waals surface area contributed by atoms with Crippen LogP contribution >= 0.6 is 23.2 Å². The summed E-state index contributed by atoms with van der Waals surface area (Å²) < 4.78 is 40.6. The number of alkyl halides is 3. The second-order valence-electron chi connectivity index (χ2n) is 11.4. The number of amides is 1.